The molecular weight excluding hydrogens is 431 g/mol. The van der Waals surface area contributed by atoms with E-state index in [9.17, 15) is 12.8 Å². The summed E-state index contributed by atoms with van der Waals surface area (Å²) in [6.07, 6.45) is 7.51. The highest BCUT2D eigenvalue weighted by atomic mass is 32.2. The monoisotopic (exact) mass is 460 g/mol. The quantitative estimate of drug-likeness (QED) is 0.686. The van der Waals surface area contributed by atoms with Crippen LogP contribution in [0.2, 0.25) is 0 Å². The minimum atomic E-state index is -3.72. The fourth-order valence-corrected chi connectivity index (χ4v) is 7.60. The SMILES string of the molecule is O=S(=O)(c1nnc(Nc2c3c(cc4c2CCC4)CCC3)[nH]1)N1CC2(CCN(CCF)C2)C1. The van der Waals surface area contributed by atoms with E-state index in [1.807, 2.05) is 0 Å². The molecule has 172 valence electrons. The van der Waals surface area contributed by atoms with Gasteiger partial charge in [-0.15, -0.1) is 10.2 Å². The first kappa shape index (κ1) is 20.6. The van der Waals surface area contributed by atoms with Crippen LogP contribution in [0.3, 0.4) is 0 Å². The lowest BCUT2D eigenvalue weighted by Gasteiger charge is -2.46. The van der Waals surface area contributed by atoms with Crippen molar-refractivity contribution < 1.29 is 12.8 Å². The van der Waals surface area contributed by atoms with E-state index in [4.69, 9.17) is 0 Å². The van der Waals surface area contributed by atoms with Crippen molar-refractivity contribution in [1.29, 1.82) is 0 Å². The largest absolute Gasteiger partial charge is 0.324 e. The average Bonchev–Trinajstić information content (AvgIpc) is 3.52. The maximum absolute atomic E-state index is 13.1. The first-order valence-corrected chi connectivity index (χ1v) is 13.1. The molecule has 2 N–H and O–H groups in total. The number of alkyl halides is 1. The molecule has 1 spiro atoms. The number of aryl methyl sites for hydroxylation is 2. The molecule has 0 unspecified atom stereocenters. The number of rotatable bonds is 6. The lowest BCUT2D eigenvalue weighted by Crippen LogP contribution is -2.59. The van der Waals surface area contributed by atoms with Gasteiger partial charge in [-0.25, -0.2) is 12.8 Å². The second-order valence-electron chi connectivity index (χ2n) is 9.83. The third-order valence-corrected chi connectivity index (χ3v) is 9.32. The zero-order valence-corrected chi connectivity index (χ0v) is 19.0. The van der Waals surface area contributed by atoms with Crippen molar-refractivity contribution in [3.63, 3.8) is 0 Å². The zero-order valence-electron chi connectivity index (χ0n) is 18.2. The highest BCUT2D eigenvalue weighted by Gasteiger charge is 2.52. The summed E-state index contributed by atoms with van der Waals surface area (Å²) < 4.78 is 40.3. The summed E-state index contributed by atoms with van der Waals surface area (Å²) in [5.74, 6) is 0.378. The van der Waals surface area contributed by atoms with E-state index in [0.29, 0.717) is 25.6 Å². The number of aromatic amines is 1. The highest BCUT2D eigenvalue weighted by molar-refractivity contribution is 7.89. The Labute approximate surface area is 187 Å². The number of nitrogens with one attached hydrogen (secondary N) is 2. The molecule has 1 aromatic carbocycles. The van der Waals surface area contributed by atoms with Crippen LogP contribution in [-0.4, -0.2) is 72.2 Å². The summed E-state index contributed by atoms with van der Waals surface area (Å²) in [5.41, 5.74) is 6.56. The van der Waals surface area contributed by atoms with Gasteiger partial charge in [0.15, 0.2) is 0 Å². The van der Waals surface area contributed by atoms with Crippen LogP contribution in [0.4, 0.5) is 16.0 Å². The first-order chi connectivity index (χ1) is 15.5. The van der Waals surface area contributed by atoms with Gasteiger partial charge in [-0.1, -0.05) is 6.07 Å². The van der Waals surface area contributed by atoms with Crippen molar-refractivity contribution in [3.8, 4) is 0 Å². The van der Waals surface area contributed by atoms with E-state index in [0.717, 1.165) is 63.7 Å². The van der Waals surface area contributed by atoms with Crippen LogP contribution in [0.15, 0.2) is 11.2 Å². The Morgan fingerprint density at radius 3 is 2.47 bits per heavy atom. The molecule has 2 aromatic rings. The smallest absolute Gasteiger partial charge is 0.278 e. The molecule has 3 heterocycles. The van der Waals surface area contributed by atoms with Crippen molar-refractivity contribution in [1.82, 2.24) is 24.4 Å². The summed E-state index contributed by atoms with van der Waals surface area (Å²) in [4.78, 5) is 5.00. The normalized spacial score (nSPS) is 22.3. The second kappa shape index (κ2) is 7.50. The second-order valence-corrected chi connectivity index (χ2v) is 11.7. The Kier molecular flexibility index (Phi) is 4.82. The van der Waals surface area contributed by atoms with E-state index in [1.54, 1.807) is 0 Å². The number of halogens is 1. The van der Waals surface area contributed by atoms with Crippen LogP contribution in [-0.2, 0) is 35.7 Å². The molecule has 2 aliphatic heterocycles. The minimum absolute atomic E-state index is 0.0471. The lowest BCUT2D eigenvalue weighted by atomic mass is 9.81. The number of hydrogen-bond donors (Lipinski definition) is 2. The van der Waals surface area contributed by atoms with Crippen LogP contribution in [0.1, 0.15) is 41.5 Å². The van der Waals surface area contributed by atoms with Crippen molar-refractivity contribution in [2.24, 2.45) is 5.41 Å². The topological polar surface area (TPSA) is 94.2 Å². The summed E-state index contributed by atoms with van der Waals surface area (Å²) >= 11 is 0. The summed E-state index contributed by atoms with van der Waals surface area (Å²) in [5, 5.41) is 11.4. The van der Waals surface area contributed by atoms with Crippen LogP contribution >= 0.6 is 0 Å². The number of sulfonamides is 1. The molecule has 32 heavy (non-hydrogen) atoms. The Morgan fingerprint density at radius 1 is 1.06 bits per heavy atom. The maximum Gasteiger partial charge on any atom is 0.278 e. The van der Waals surface area contributed by atoms with Crippen molar-refractivity contribution >= 4 is 21.7 Å². The van der Waals surface area contributed by atoms with Gasteiger partial charge in [0.1, 0.15) is 6.67 Å². The summed E-state index contributed by atoms with van der Waals surface area (Å²) in [6, 6.07) is 2.36. The molecule has 2 aliphatic carbocycles. The van der Waals surface area contributed by atoms with Gasteiger partial charge in [-0.3, -0.25) is 4.98 Å². The van der Waals surface area contributed by atoms with Gasteiger partial charge in [0.2, 0.25) is 5.95 Å². The average molecular weight is 461 g/mol. The van der Waals surface area contributed by atoms with Crippen molar-refractivity contribution in [2.45, 2.75) is 50.1 Å². The Morgan fingerprint density at radius 2 is 1.78 bits per heavy atom. The van der Waals surface area contributed by atoms with Crippen molar-refractivity contribution in [3.05, 3.63) is 28.3 Å². The van der Waals surface area contributed by atoms with E-state index in [1.165, 1.54) is 26.6 Å². The molecule has 4 aliphatic rings. The van der Waals surface area contributed by atoms with Gasteiger partial charge < -0.3 is 10.2 Å². The molecule has 0 atom stereocenters. The molecule has 2 saturated heterocycles. The molecule has 6 rings (SSSR count). The van der Waals surface area contributed by atoms with Gasteiger partial charge in [0.05, 0.1) is 0 Å². The standard InChI is InChI=1S/C22H29FN6O2S/c23-8-10-28-9-7-22(12-28)13-29(14-22)32(30,31)21-25-20(26-27-21)24-19-17-5-1-3-15(17)11-16-4-2-6-18(16)19/h11H,1-10,12-14H2,(H2,24,25,26,27). The molecule has 2 fully saturated rings. The third-order valence-electron chi connectivity index (χ3n) is 7.71. The third kappa shape index (κ3) is 3.26. The molecule has 0 saturated carbocycles. The first-order valence-electron chi connectivity index (χ1n) is 11.6. The summed E-state index contributed by atoms with van der Waals surface area (Å²) in [6.45, 7) is 2.58. The van der Waals surface area contributed by atoms with E-state index < -0.39 is 10.0 Å². The molecular formula is C22H29FN6O2S. The predicted molar refractivity (Wildman–Crippen MR) is 118 cm³/mol. The van der Waals surface area contributed by atoms with E-state index in [2.05, 4.69) is 31.5 Å². The fourth-order valence-electron chi connectivity index (χ4n) is 6.09. The number of hydrogen-bond acceptors (Lipinski definition) is 6. The predicted octanol–water partition coefficient (Wildman–Crippen LogP) is 2.19. The number of anilines is 2. The number of aromatic nitrogens is 3. The Balaban J connectivity index is 1.19. The molecule has 8 nitrogen and oxygen atoms in total. The molecule has 10 heteroatoms. The van der Waals surface area contributed by atoms with Gasteiger partial charge in [0, 0.05) is 37.3 Å². The number of nitrogens with zero attached hydrogens (tertiary/aromatic N) is 4. The molecule has 1 aromatic heterocycles. The van der Waals surface area contributed by atoms with Crippen LogP contribution < -0.4 is 5.32 Å². The minimum Gasteiger partial charge on any atom is -0.324 e. The van der Waals surface area contributed by atoms with E-state index >= 15 is 0 Å². The van der Waals surface area contributed by atoms with Gasteiger partial charge in [-0.2, -0.15) is 4.31 Å². The number of fused-ring (bicyclic) bond motifs is 2. The van der Waals surface area contributed by atoms with Gasteiger partial charge in [0.25, 0.3) is 15.2 Å². The van der Waals surface area contributed by atoms with Gasteiger partial charge in [-0.05, 0) is 73.7 Å². The van der Waals surface area contributed by atoms with Crippen LogP contribution in [0, 0.1) is 5.41 Å². The Bertz CT molecular complexity index is 1130. The van der Waals surface area contributed by atoms with Crippen molar-refractivity contribution in [2.75, 3.05) is 44.7 Å². The maximum atomic E-state index is 13.1. The summed E-state index contributed by atoms with van der Waals surface area (Å²) in [7, 11) is -3.72. The van der Waals surface area contributed by atoms with E-state index in [-0.39, 0.29) is 17.2 Å². The molecule has 0 radical (unpaired) electrons. The number of benzene rings is 1. The highest BCUT2D eigenvalue weighted by Crippen LogP contribution is 2.42. The molecule has 0 amide bonds. The van der Waals surface area contributed by atoms with Crippen LogP contribution in [0.5, 0.6) is 0 Å². The Hall–Kier alpha value is -2.04. The number of likely N-dealkylation sites (tertiary alicyclic amines) is 1. The van der Waals surface area contributed by atoms with Crippen LogP contribution in [0.25, 0.3) is 0 Å². The zero-order chi connectivity index (χ0) is 21.9. The van der Waals surface area contributed by atoms with Gasteiger partial charge >= 0.3 is 0 Å². The fraction of sp³-hybridized carbons (Fsp3) is 0.636. The molecule has 0 bridgehead atoms. The lowest BCUT2D eigenvalue weighted by molar-refractivity contribution is 0.0767. The number of H-pyrrole nitrogens is 1.